The van der Waals surface area contributed by atoms with E-state index in [-0.39, 0.29) is 0 Å². The van der Waals surface area contributed by atoms with Gasteiger partial charge in [-0.05, 0) is 24.1 Å². The summed E-state index contributed by atoms with van der Waals surface area (Å²) < 4.78 is 0. The van der Waals surface area contributed by atoms with Crippen LogP contribution >= 0.6 is 0 Å². The Morgan fingerprint density at radius 2 is 1.83 bits per heavy atom. The maximum Gasteiger partial charge on any atom is 0.310 e. The van der Waals surface area contributed by atoms with E-state index in [2.05, 4.69) is 0 Å². The number of anilines is 1. The standard InChI is InChI=1S/C15H15NO2/c1-10(15(17)18)12-7-8-13(14(16)9-12)11-5-3-2-4-6-11/h2-10H,16H2,1H3,(H,17,18)/t10-/m1/s1. The number of carboxylic acids is 1. The number of hydrogen-bond acceptors (Lipinski definition) is 2. The number of aliphatic carboxylic acids is 1. The predicted octanol–water partition coefficient (Wildman–Crippen LogP) is 3.12. The quantitative estimate of drug-likeness (QED) is 0.811. The van der Waals surface area contributed by atoms with Crippen molar-refractivity contribution >= 4 is 11.7 Å². The van der Waals surface area contributed by atoms with Crippen molar-refractivity contribution < 1.29 is 9.90 Å². The maximum absolute atomic E-state index is 10.9. The summed E-state index contributed by atoms with van der Waals surface area (Å²) in [6.45, 7) is 1.65. The van der Waals surface area contributed by atoms with Crippen LogP contribution in [0.25, 0.3) is 11.1 Å². The molecule has 18 heavy (non-hydrogen) atoms. The van der Waals surface area contributed by atoms with Gasteiger partial charge >= 0.3 is 5.97 Å². The first-order valence-electron chi connectivity index (χ1n) is 5.77. The second-order valence-electron chi connectivity index (χ2n) is 4.27. The summed E-state index contributed by atoms with van der Waals surface area (Å²) in [5.41, 5.74) is 9.28. The molecule has 2 aromatic rings. The zero-order valence-corrected chi connectivity index (χ0v) is 10.1. The Morgan fingerprint density at radius 3 is 2.39 bits per heavy atom. The Balaban J connectivity index is 2.40. The van der Waals surface area contributed by atoms with Gasteiger partial charge < -0.3 is 10.8 Å². The highest BCUT2D eigenvalue weighted by Gasteiger charge is 2.14. The van der Waals surface area contributed by atoms with E-state index in [1.807, 2.05) is 42.5 Å². The highest BCUT2D eigenvalue weighted by Crippen LogP contribution is 2.29. The Kier molecular flexibility index (Phi) is 3.33. The molecule has 2 aromatic carbocycles. The van der Waals surface area contributed by atoms with Crippen LogP contribution in [0.15, 0.2) is 48.5 Å². The first-order valence-corrected chi connectivity index (χ1v) is 5.77. The number of nitrogen functional groups attached to an aromatic ring is 1. The highest BCUT2D eigenvalue weighted by molar-refractivity contribution is 5.80. The second kappa shape index (κ2) is 4.92. The summed E-state index contributed by atoms with van der Waals surface area (Å²) in [5, 5.41) is 8.97. The Bertz CT molecular complexity index is 564. The van der Waals surface area contributed by atoms with Crippen molar-refractivity contribution in [3.8, 4) is 11.1 Å². The van der Waals surface area contributed by atoms with Crippen LogP contribution in [0.3, 0.4) is 0 Å². The molecule has 0 aliphatic rings. The molecule has 92 valence electrons. The minimum absolute atomic E-state index is 0.544. The van der Waals surface area contributed by atoms with Crippen molar-refractivity contribution in [2.24, 2.45) is 0 Å². The van der Waals surface area contributed by atoms with Gasteiger partial charge in [-0.2, -0.15) is 0 Å². The van der Waals surface area contributed by atoms with Crippen molar-refractivity contribution in [1.29, 1.82) is 0 Å². The molecule has 0 heterocycles. The van der Waals surface area contributed by atoms with Gasteiger partial charge in [-0.25, -0.2) is 0 Å². The molecular weight excluding hydrogens is 226 g/mol. The molecule has 0 amide bonds. The molecule has 3 N–H and O–H groups in total. The molecule has 0 radical (unpaired) electrons. The Morgan fingerprint density at radius 1 is 1.17 bits per heavy atom. The number of nitrogens with two attached hydrogens (primary N) is 1. The van der Waals surface area contributed by atoms with E-state index in [9.17, 15) is 4.79 Å². The van der Waals surface area contributed by atoms with Gasteiger partial charge in [-0.1, -0.05) is 42.5 Å². The van der Waals surface area contributed by atoms with E-state index in [0.29, 0.717) is 5.69 Å². The summed E-state index contributed by atoms with van der Waals surface area (Å²) in [6, 6.07) is 15.2. The third kappa shape index (κ3) is 2.35. The smallest absolute Gasteiger partial charge is 0.310 e. The van der Waals surface area contributed by atoms with Crippen molar-refractivity contribution in [3.63, 3.8) is 0 Å². The monoisotopic (exact) mass is 241 g/mol. The van der Waals surface area contributed by atoms with E-state index in [4.69, 9.17) is 10.8 Å². The van der Waals surface area contributed by atoms with Gasteiger partial charge in [-0.3, -0.25) is 4.79 Å². The lowest BCUT2D eigenvalue weighted by Crippen LogP contribution is -2.07. The first-order chi connectivity index (χ1) is 8.59. The van der Waals surface area contributed by atoms with Crippen LogP contribution in [-0.4, -0.2) is 11.1 Å². The van der Waals surface area contributed by atoms with Gasteiger partial charge in [0, 0.05) is 11.3 Å². The first kappa shape index (κ1) is 12.2. The van der Waals surface area contributed by atoms with E-state index in [1.165, 1.54) is 0 Å². The molecule has 0 aliphatic heterocycles. The second-order valence-corrected chi connectivity index (χ2v) is 4.27. The van der Waals surface area contributed by atoms with Gasteiger partial charge in [0.15, 0.2) is 0 Å². The number of hydrogen-bond donors (Lipinski definition) is 2. The third-order valence-electron chi connectivity index (χ3n) is 3.03. The van der Waals surface area contributed by atoms with Crippen LogP contribution in [0, 0.1) is 0 Å². The van der Waals surface area contributed by atoms with Gasteiger partial charge in [-0.15, -0.1) is 0 Å². The third-order valence-corrected chi connectivity index (χ3v) is 3.03. The van der Waals surface area contributed by atoms with E-state index in [0.717, 1.165) is 16.7 Å². The summed E-state index contributed by atoms with van der Waals surface area (Å²) >= 11 is 0. The number of rotatable bonds is 3. The summed E-state index contributed by atoms with van der Waals surface area (Å²) in [6.07, 6.45) is 0. The number of benzene rings is 2. The largest absolute Gasteiger partial charge is 0.481 e. The molecule has 0 aromatic heterocycles. The van der Waals surface area contributed by atoms with Gasteiger partial charge in [0.25, 0.3) is 0 Å². The Labute approximate surface area is 106 Å². The lowest BCUT2D eigenvalue weighted by Gasteiger charge is -2.11. The number of carboxylic acid groups (broad SMARTS) is 1. The summed E-state index contributed by atoms with van der Waals surface area (Å²) in [7, 11) is 0. The lowest BCUT2D eigenvalue weighted by atomic mass is 9.96. The molecule has 2 rings (SSSR count). The van der Waals surface area contributed by atoms with Crippen LogP contribution in [0.2, 0.25) is 0 Å². The van der Waals surface area contributed by atoms with Gasteiger partial charge in [0.05, 0.1) is 5.92 Å². The van der Waals surface area contributed by atoms with Crippen LogP contribution in [-0.2, 0) is 4.79 Å². The molecule has 0 fully saturated rings. The Hall–Kier alpha value is -2.29. The SMILES string of the molecule is C[C@@H](C(=O)O)c1ccc(-c2ccccc2)c(N)c1. The van der Waals surface area contributed by atoms with Gasteiger partial charge in [0.1, 0.15) is 0 Å². The van der Waals surface area contributed by atoms with Crippen molar-refractivity contribution in [1.82, 2.24) is 0 Å². The fourth-order valence-electron chi connectivity index (χ4n) is 1.87. The fraction of sp³-hybridized carbons (Fsp3) is 0.133. The molecule has 3 heteroatoms. The molecule has 0 aliphatic carbocycles. The summed E-state index contributed by atoms with van der Waals surface area (Å²) in [4.78, 5) is 10.9. The van der Waals surface area contributed by atoms with Crippen LogP contribution in [0.4, 0.5) is 5.69 Å². The van der Waals surface area contributed by atoms with Crippen molar-refractivity contribution in [2.45, 2.75) is 12.8 Å². The average Bonchev–Trinajstić information content (AvgIpc) is 2.38. The van der Waals surface area contributed by atoms with Crippen LogP contribution < -0.4 is 5.73 Å². The molecule has 0 saturated heterocycles. The van der Waals surface area contributed by atoms with E-state index < -0.39 is 11.9 Å². The highest BCUT2D eigenvalue weighted by atomic mass is 16.4. The topological polar surface area (TPSA) is 63.3 Å². The molecule has 0 unspecified atom stereocenters. The molecular formula is C15H15NO2. The fourth-order valence-corrected chi connectivity index (χ4v) is 1.87. The maximum atomic E-state index is 10.9. The molecule has 0 saturated carbocycles. The van der Waals surface area contributed by atoms with E-state index in [1.54, 1.807) is 13.0 Å². The molecule has 0 bridgehead atoms. The van der Waals surface area contributed by atoms with Crippen molar-refractivity contribution in [3.05, 3.63) is 54.1 Å². The average molecular weight is 241 g/mol. The normalized spacial score (nSPS) is 12.1. The van der Waals surface area contributed by atoms with Crippen LogP contribution in [0.5, 0.6) is 0 Å². The van der Waals surface area contributed by atoms with Gasteiger partial charge in [0.2, 0.25) is 0 Å². The zero-order chi connectivity index (χ0) is 13.1. The summed E-state index contributed by atoms with van der Waals surface area (Å²) in [5.74, 6) is -1.39. The molecule has 0 spiro atoms. The lowest BCUT2D eigenvalue weighted by molar-refractivity contribution is -0.138. The van der Waals surface area contributed by atoms with Crippen LogP contribution in [0.1, 0.15) is 18.4 Å². The molecule has 3 nitrogen and oxygen atoms in total. The van der Waals surface area contributed by atoms with Crippen molar-refractivity contribution in [2.75, 3.05) is 5.73 Å². The van der Waals surface area contributed by atoms with E-state index >= 15 is 0 Å². The molecule has 1 atom stereocenters. The number of carbonyl (C=O) groups is 1. The zero-order valence-electron chi connectivity index (χ0n) is 10.1. The minimum Gasteiger partial charge on any atom is -0.481 e. The predicted molar refractivity (Wildman–Crippen MR) is 72.3 cm³/mol. The minimum atomic E-state index is -0.845.